The zero-order chi connectivity index (χ0) is 22.8. The topological polar surface area (TPSA) is 62.3 Å². The highest BCUT2D eigenvalue weighted by atomic mass is 19.1. The van der Waals surface area contributed by atoms with Gasteiger partial charge in [-0.1, -0.05) is 0 Å². The first kappa shape index (κ1) is 23.3. The maximum atomic E-state index is 13.4. The number of halogens is 1. The smallest absolute Gasteiger partial charge is 0.411 e. The van der Waals surface area contributed by atoms with Gasteiger partial charge in [0, 0.05) is 25.6 Å². The molecule has 172 valence electrons. The van der Waals surface area contributed by atoms with Gasteiger partial charge in [-0.15, -0.1) is 0 Å². The fourth-order valence-corrected chi connectivity index (χ4v) is 4.16. The van der Waals surface area contributed by atoms with Gasteiger partial charge in [0.25, 0.3) is 0 Å². The third kappa shape index (κ3) is 6.09. The van der Waals surface area contributed by atoms with Gasteiger partial charge in [-0.2, -0.15) is 0 Å². The molecule has 2 fully saturated rings. The Bertz CT molecular complexity index is 770. The molecule has 31 heavy (non-hydrogen) atoms. The highest BCUT2D eigenvalue weighted by molar-refractivity contribution is 5.86. The molecule has 0 N–H and O–H groups in total. The normalized spacial score (nSPS) is 22.7. The lowest BCUT2D eigenvalue weighted by atomic mass is 10.0. The first-order chi connectivity index (χ1) is 14.5. The van der Waals surface area contributed by atoms with Gasteiger partial charge in [-0.3, -0.25) is 9.69 Å². The average molecular weight is 436 g/mol. The SMILES string of the molecule is CN(C)C1CCN(C(=O)[C@H]2C[C@H](Oc3ccc(F)cc3)CN2C(=O)OC(C)(C)C)CC1. The minimum atomic E-state index is -0.662. The van der Waals surface area contributed by atoms with Gasteiger partial charge in [0.2, 0.25) is 5.91 Å². The molecular formula is C23H34FN3O4. The van der Waals surface area contributed by atoms with Crippen LogP contribution in [0.5, 0.6) is 5.75 Å². The number of rotatable bonds is 4. The van der Waals surface area contributed by atoms with Crippen molar-refractivity contribution in [1.82, 2.24) is 14.7 Å². The lowest BCUT2D eigenvalue weighted by Crippen LogP contribution is -2.52. The number of likely N-dealkylation sites (tertiary alicyclic amines) is 2. The Balaban J connectivity index is 1.71. The van der Waals surface area contributed by atoms with E-state index >= 15 is 0 Å². The Labute approximate surface area is 184 Å². The van der Waals surface area contributed by atoms with Crippen LogP contribution in [0.1, 0.15) is 40.0 Å². The maximum Gasteiger partial charge on any atom is 0.411 e. The lowest BCUT2D eigenvalue weighted by Gasteiger charge is -2.37. The van der Waals surface area contributed by atoms with Crippen molar-refractivity contribution in [2.45, 2.75) is 63.8 Å². The second-order valence-electron chi connectivity index (χ2n) is 9.60. The molecule has 0 aromatic heterocycles. The van der Waals surface area contributed by atoms with E-state index < -0.39 is 17.7 Å². The molecule has 2 amide bonds. The molecular weight excluding hydrogens is 401 g/mol. The molecule has 0 bridgehead atoms. The summed E-state index contributed by atoms with van der Waals surface area (Å²) in [4.78, 5) is 31.7. The van der Waals surface area contributed by atoms with E-state index in [1.807, 2.05) is 4.90 Å². The predicted octanol–water partition coefficient (Wildman–Crippen LogP) is 3.14. The zero-order valence-electron chi connectivity index (χ0n) is 19.1. The first-order valence-corrected chi connectivity index (χ1v) is 10.9. The average Bonchev–Trinajstić information content (AvgIpc) is 3.12. The Kier molecular flexibility index (Phi) is 7.09. The lowest BCUT2D eigenvalue weighted by molar-refractivity contribution is -0.137. The summed E-state index contributed by atoms with van der Waals surface area (Å²) in [6.07, 6.45) is 1.31. The van der Waals surface area contributed by atoms with Crippen LogP contribution in [-0.4, -0.2) is 84.2 Å². The standard InChI is InChI=1S/C23H34FN3O4/c1-23(2,3)31-22(29)27-15-19(30-18-8-6-16(24)7-9-18)14-20(27)21(28)26-12-10-17(11-13-26)25(4)5/h6-9,17,19-20H,10-15H2,1-5H3/t19-,20+/m0/s1. The number of carbonyl (C=O) groups is 2. The summed E-state index contributed by atoms with van der Waals surface area (Å²) in [6, 6.07) is 5.59. The van der Waals surface area contributed by atoms with Crippen molar-refractivity contribution < 1.29 is 23.5 Å². The minimum absolute atomic E-state index is 0.0618. The molecule has 2 aliphatic rings. The summed E-state index contributed by atoms with van der Waals surface area (Å²) in [5.41, 5.74) is -0.662. The summed E-state index contributed by atoms with van der Waals surface area (Å²) in [5.74, 6) is 0.104. The highest BCUT2D eigenvalue weighted by Gasteiger charge is 2.44. The largest absolute Gasteiger partial charge is 0.488 e. The number of nitrogens with zero attached hydrogens (tertiary/aromatic N) is 3. The van der Waals surface area contributed by atoms with Crippen molar-refractivity contribution in [1.29, 1.82) is 0 Å². The fraction of sp³-hybridized carbons (Fsp3) is 0.652. The second-order valence-corrected chi connectivity index (χ2v) is 9.60. The number of hydrogen-bond donors (Lipinski definition) is 0. The van der Waals surface area contributed by atoms with Crippen molar-refractivity contribution in [3.8, 4) is 5.75 Å². The van der Waals surface area contributed by atoms with Crippen LogP contribution in [0.25, 0.3) is 0 Å². The number of ether oxygens (including phenoxy) is 2. The Morgan fingerprint density at radius 1 is 1.10 bits per heavy atom. The van der Waals surface area contributed by atoms with E-state index in [4.69, 9.17) is 9.47 Å². The molecule has 2 atom stereocenters. The summed E-state index contributed by atoms with van der Waals surface area (Å²) >= 11 is 0. The molecule has 2 saturated heterocycles. The molecule has 2 heterocycles. The molecule has 0 aliphatic carbocycles. The minimum Gasteiger partial charge on any atom is -0.488 e. The number of hydrogen-bond acceptors (Lipinski definition) is 5. The molecule has 0 saturated carbocycles. The van der Waals surface area contributed by atoms with Gasteiger partial charge in [-0.05, 0) is 72.0 Å². The zero-order valence-corrected chi connectivity index (χ0v) is 19.1. The van der Waals surface area contributed by atoms with Crippen molar-refractivity contribution >= 4 is 12.0 Å². The number of carbonyl (C=O) groups excluding carboxylic acids is 2. The maximum absolute atomic E-state index is 13.4. The van der Waals surface area contributed by atoms with Crippen LogP contribution in [0, 0.1) is 5.82 Å². The van der Waals surface area contributed by atoms with Gasteiger partial charge in [0.05, 0.1) is 6.54 Å². The molecule has 1 aromatic rings. The molecule has 8 heteroatoms. The van der Waals surface area contributed by atoms with Crippen LogP contribution in [0.4, 0.5) is 9.18 Å². The highest BCUT2D eigenvalue weighted by Crippen LogP contribution is 2.28. The van der Waals surface area contributed by atoms with Crippen LogP contribution in [0.15, 0.2) is 24.3 Å². The monoisotopic (exact) mass is 435 g/mol. The van der Waals surface area contributed by atoms with Crippen LogP contribution in [0.3, 0.4) is 0 Å². The summed E-state index contributed by atoms with van der Waals surface area (Å²) in [5, 5.41) is 0. The fourth-order valence-electron chi connectivity index (χ4n) is 4.16. The molecule has 2 aliphatic heterocycles. The van der Waals surface area contributed by atoms with Crippen LogP contribution < -0.4 is 4.74 Å². The third-order valence-electron chi connectivity index (χ3n) is 5.80. The number of amides is 2. The van der Waals surface area contributed by atoms with E-state index in [-0.39, 0.29) is 24.4 Å². The number of piperidine rings is 1. The molecule has 0 spiro atoms. The van der Waals surface area contributed by atoms with Gasteiger partial charge in [0.1, 0.15) is 29.3 Å². The third-order valence-corrected chi connectivity index (χ3v) is 5.80. The Hall–Kier alpha value is -2.35. The molecule has 0 unspecified atom stereocenters. The Morgan fingerprint density at radius 3 is 2.26 bits per heavy atom. The molecule has 0 radical (unpaired) electrons. The van der Waals surface area contributed by atoms with Gasteiger partial charge in [0.15, 0.2) is 0 Å². The van der Waals surface area contributed by atoms with Gasteiger partial charge >= 0.3 is 6.09 Å². The van der Waals surface area contributed by atoms with E-state index in [1.54, 1.807) is 32.9 Å². The van der Waals surface area contributed by atoms with Gasteiger partial charge in [-0.25, -0.2) is 9.18 Å². The summed E-state index contributed by atoms with van der Waals surface area (Å²) in [7, 11) is 4.11. The molecule has 3 rings (SSSR count). The molecule has 7 nitrogen and oxygen atoms in total. The summed E-state index contributed by atoms with van der Waals surface area (Å²) < 4.78 is 24.7. The summed E-state index contributed by atoms with van der Waals surface area (Å²) in [6.45, 7) is 6.99. The Morgan fingerprint density at radius 2 is 1.71 bits per heavy atom. The van der Waals surface area contributed by atoms with Crippen molar-refractivity contribution in [2.24, 2.45) is 0 Å². The molecule has 1 aromatic carbocycles. The van der Waals surface area contributed by atoms with E-state index in [9.17, 15) is 14.0 Å². The quantitative estimate of drug-likeness (QED) is 0.727. The van der Waals surface area contributed by atoms with E-state index in [0.717, 1.165) is 12.8 Å². The van der Waals surface area contributed by atoms with Crippen LogP contribution in [-0.2, 0) is 9.53 Å². The van der Waals surface area contributed by atoms with Crippen molar-refractivity contribution in [3.63, 3.8) is 0 Å². The second kappa shape index (κ2) is 9.42. The van der Waals surface area contributed by atoms with Crippen molar-refractivity contribution in [2.75, 3.05) is 33.7 Å². The van der Waals surface area contributed by atoms with E-state index in [1.165, 1.54) is 17.0 Å². The number of benzene rings is 1. The van der Waals surface area contributed by atoms with Crippen LogP contribution in [0.2, 0.25) is 0 Å². The van der Waals surface area contributed by atoms with Gasteiger partial charge < -0.3 is 19.3 Å². The van der Waals surface area contributed by atoms with Crippen molar-refractivity contribution in [3.05, 3.63) is 30.1 Å². The first-order valence-electron chi connectivity index (χ1n) is 10.9. The van der Waals surface area contributed by atoms with E-state index in [2.05, 4.69) is 19.0 Å². The van der Waals surface area contributed by atoms with Crippen LogP contribution >= 0.6 is 0 Å². The van der Waals surface area contributed by atoms with E-state index in [0.29, 0.717) is 31.3 Å². The predicted molar refractivity (Wildman–Crippen MR) is 115 cm³/mol.